The standard InChI is InChI=1S/C13H25N3O3/c14-3-1-4-15-5-2-6-16(8-7-15)13(17)12-11-18-9-10-19-12/h12H,1-11,14H2. The molecule has 0 aliphatic carbocycles. The highest BCUT2D eigenvalue weighted by molar-refractivity contribution is 5.81. The largest absolute Gasteiger partial charge is 0.376 e. The number of ether oxygens (including phenoxy) is 2. The molecule has 2 heterocycles. The van der Waals surface area contributed by atoms with Crippen LogP contribution in [0.3, 0.4) is 0 Å². The van der Waals surface area contributed by atoms with E-state index in [1.54, 1.807) is 0 Å². The molecule has 1 amide bonds. The first-order valence-electron chi connectivity index (χ1n) is 7.22. The Morgan fingerprint density at radius 2 is 2.11 bits per heavy atom. The summed E-state index contributed by atoms with van der Waals surface area (Å²) in [4.78, 5) is 16.6. The van der Waals surface area contributed by atoms with Crippen LogP contribution < -0.4 is 5.73 Å². The Balaban J connectivity index is 1.79. The lowest BCUT2D eigenvalue weighted by atomic mass is 10.3. The summed E-state index contributed by atoms with van der Waals surface area (Å²) >= 11 is 0. The van der Waals surface area contributed by atoms with E-state index in [-0.39, 0.29) is 5.91 Å². The van der Waals surface area contributed by atoms with Crippen molar-refractivity contribution < 1.29 is 14.3 Å². The molecule has 2 rings (SSSR count). The molecule has 0 spiro atoms. The van der Waals surface area contributed by atoms with E-state index < -0.39 is 6.10 Å². The van der Waals surface area contributed by atoms with Crippen LogP contribution in [-0.4, -0.2) is 80.9 Å². The van der Waals surface area contributed by atoms with Gasteiger partial charge in [-0.3, -0.25) is 4.79 Å². The second-order valence-corrected chi connectivity index (χ2v) is 5.10. The van der Waals surface area contributed by atoms with Gasteiger partial charge in [-0.25, -0.2) is 0 Å². The van der Waals surface area contributed by atoms with Crippen molar-refractivity contribution in [2.24, 2.45) is 5.73 Å². The second kappa shape index (κ2) is 7.79. The van der Waals surface area contributed by atoms with Gasteiger partial charge in [0.05, 0.1) is 19.8 Å². The minimum absolute atomic E-state index is 0.0837. The molecule has 0 aromatic rings. The van der Waals surface area contributed by atoms with Crippen molar-refractivity contribution in [3.05, 3.63) is 0 Å². The monoisotopic (exact) mass is 271 g/mol. The zero-order valence-corrected chi connectivity index (χ0v) is 11.6. The molecule has 1 unspecified atom stereocenters. The summed E-state index contributed by atoms with van der Waals surface area (Å²) in [6.45, 7) is 6.84. The molecule has 2 saturated heterocycles. The Kier molecular flexibility index (Phi) is 6.03. The Morgan fingerprint density at radius 1 is 1.21 bits per heavy atom. The van der Waals surface area contributed by atoms with Crippen molar-refractivity contribution in [2.75, 3.05) is 59.1 Å². The van der Waals surface area contributed by atoms with Gasteiger partial charge in [-0.2, -0.15) is 0 Å². The molecule has 2 fully saturated rings. The summed E-state index contributed by atoms with van der Waals surface area (Å²) in [6, 6.07) is 0. The molecule has 0 aromatic carbocycles. The van der Waals surface area contributed by atoms with Gasteiger partial charge in [0.1, 0.15) is 0 Å². The maximum absolute atomic E-state index is 12.3. The Labute approximate surface area is 114 Å². The number of rotatable bonds is 4. The van der Waals surface area contributed by atoms with E-state index >= 15 is 0 Å². The van der Waals surface area contributed by atoms with Crippen molar-refractivity contribution in [2.45, 2.75) is 18.9 Å². The minimum atomic E-state index is -0.399. The maximum Gasteiger partial charge on any atom is 0.254 e. The summed E-state index contributed by atoms with van der Waals surface area (Å²) in [7, 11) is 0. The zero-order valence-electron chi connectivity index (χ0n) is 11.6. The average molecular weight is 271 g/mol. The number of nitrogens with two attached hydrogens (primary N) is 1. The van der Waals surface area contributed by atoms with Crippen LogP contribution in [0.15, 0.2) is 0 Å². The third kappa shape index (κ3) is 4.42. The highest BCUT2D eigenvalue weighted by Gasteiger charge is 2.28. The molecule has 1 atom stereocenters. The molecule has 0 aromatic heterocycles. The quantitative estimate of drug-likeness (QED) is 0.731. The number of nitrogens with zero attached hydrogens (tertiary/aromatic N) is 2. The molecular weight excluding hydrogens is 246 g/mol. The lowest BCUT2D eigenvalue weighted by Gasteiger charge is -2.28. The van der Waals surface area contributed by atoms with Gasteiger partial charge in [-0.1, -0.05) is 0 Å². The van der Waals surface area contributed by atoms with Crippen LogP contribution in [0.1, 0.15) is 12.8 Å². The Hall–Kier alpha value is -0.690. The van der Waals surface area contributed by atoms with E-state index in [1.165, 1.54) is 0 Å². The molecule has 0 saturated carbocycles. The van der Waals surface area contributed by atoms with E-state index in [4.69, 9.17) is 15.2 Å². The lowest BCUT2D eigenvalue weighted by molar-refractivity contribution is -0.157. The fourth-order valence-electron chi connectivity index (χ4n) is 2.56. The van der Waals surface area contributed by atoms with Gasteiger partial charge in [0.2, 0.25) is 0 Å². The SMILES string of the molecule is NCCCN1CCCN(C(=O)C2COCCO2)CC1. The fourth-order valence-corrected chi connectivity index (χ4v) is 2.56. The van der Waals surface area contributed by atoms with Crippen LogP contribution in [0.25, 0.3) is 0 Å². The summed E-state index contributed by atoms with van der Waals surface area (Å²) in [6.07, 6.45) is 1.64. The first-order valence-corrected chi connectivity index (χ1v) is 7.22. The first-order chi connectivity index (χ1) is 9.31. The molecule has 110 valence electrons. The zero-order chi connectivity index (χ0) is 13.5. The molecule has 19 heavy (non-hydrogen) atoms. The molecular formula is C13H25N3O3. The summed E-state index contributed by atoms with van der Waals surface area (Å²) in [5.41, 5.74) is 5.54. The van der Waals surface area contributed by atoms with Gasteiger partial charge in [-0.05, 0) is 32.5 Å². The molecule has 0 bridgehead atoms. The number of carbonyl (C=O) groups excluding carboxylic acids is 1. The predicted octanol–water partition coefficient (Wildman–Crippen LogP) is -0.715. The van der Waals surface area contributed by atoms with Gasteiger partial charge < -0.3 is 25.0 Å². The normalized spacial score (nSPS) is 26.2. The molecule has 0 radical (unpaired) electrons. The van der Waals surface area contributed by atoms with E-state index in [1.807, 2.05) is 4.90 Å². The Morgan fingerprint density at radius 3 is 2.84 bits per heavy atom. The summed E-state index contributed by atoms with van der Waals surface area (Å²) < 4.78 is 10.8. The number of hydrogen-bond donors (Lipinski definition) is 1. The number of hydrogen-bond acceptors (Lipinski definition) is 5. The van der Waals surface area contributed by atoms with Gasteiger partial charge in [-0.15, -0.1) is 0 Å². The molecule has 2 N–H and O–H groups in total. The van der Waals surface area contributed by atoms with Crippen LogP contribution >= 0.6 is 0 Å². The predicted molar refractivity (Wildman–Crippen MR) is 71.9 cm³/mol. The van der Waals surface area contributed by atoms with Crippen molar-refractivity contribution in [1.29, 1.82) is 0 Å². The highest BCUT2D eigenvalue weighted by Crippen LogP contribution is 2.09. The third-order valence-electron chi connectivity index (χ3n) is 3.67. The van der Waals surface area contributed by atoms with E-state index in [0.29, 0.717) is 19.8 Å². The van der Waals surface area contributed by atoms with Gasteiger partial charge in [0, 0.05) is 19.6 Å². The minimum Gasteiger partial charge on any atom is -0.376 e. The Bertz CT molecular complexity index is 282. The van der Waals surface area contributed by atoms with Gasteiger partial charge >= 0.3 is 0 Å². The smallest absolute Gasteiger partial charge is 0.254 e. The van der Waals surface area contributed by atoms with Crippen molar-refractivity contribution in [3.63, 3.8) is 0 Å². The van der Waals surface area contributed by atoms with E-state index in [0.717, 1.165) is 52.1 Å². The van der Waals surface area contributed by atoms with E-state index in [9.17, 15) is 4.79 Å². The number of amides is 1. The maximum atomic E-state index is 12.3. The highest BCUT2D eigenvalue weighted by atomic mass is 16.6. The van der Waals surface area contributed by atoms with E-state index in [2.05, 4.69) is 4.90 Å². The van der Waals surface area contributed by atoms with Crippen molar-refractivity contribution in [3.8, 4) is 0 Å². The molecule has 6 heteroatoms. The van der Waals surface area contributed by atoms with Crippen LogP contribution in [0, 0.1) is 0 Å². The fraction of sp³-hybridized carbons (Fsp3) is 0.923. The molecule has 2 aliphatic heterocycles. The summed E-state index contributed by atoms with van der Waals surface area (Å²) in [5, 5.41) is 0. The second-order valence-electron chi connectivity index (χ2n) is 5.10. The van der Waals surface area contributed by atoms with Gasteiger partial charge in [0.25, 0.3) is 5.91 Å². The topological polar surface area (TPSA) is 68.0 Å². The third-order valence-corrected chi connectivity index (χ3v) is 3.67. The lowest BCUT2D eigenvalue weighted by Crippen LogP contribution is -2.46. The summed E-state index contributed by atoms with van der Waals surface area (Å²) in [5.74, 6) is 0.0837. The van der Waals surface area contributed by atoms with Crippen LogP contribution in [0.2, 0.25) is 0 Å². The average Bonchev–Trinajstić information content (AvgIpc) is 2.71. The first kappa shape index (κ1) is 14.7. The van der Waals surface area contributed by atoms with Crippen LogP contribution in [0.5, 0.6) is 0 Å². The number of carbonyl (C=O) groups is 1. The van der Waals surface area contributed by atoms with Crippen molar-refractivity contribution >= 4 is 5.91 Å². The van der Waals surface area contributed by atoms with Crippen LogP contribution in [0.4, 0.5) is 0 Å². The molecule has 6 nitrogen and oxygen atoms in total. The van der Waals surface area contributed by atoms with Crippen LogP contribution in [-0.2, 0) is 14.3 Å². The molecule has 2 aliphatic rings. The van der Waals surface area contributed by atoms with Crippen molar-refractivity contribution in [1.82, 2.24) is 9.80 Å². The van der Waals surface area contributed by atoms with Gasteiger partial charge in [0.15, 0.2) is 6.10 Å².